The Bertz CT molecular complexity index is 763. The standard InChI is InChI=1S/C21H20.HI/c1-5-10-15(6-2)16-12-9-14-19-20(16)17-11-7-8-13-18(17)21(19,3)4;/h5-14H,1-2H2,3-4H3;1H/b15-10+;. The van der Waals surface area contributed by atoms with Gasteiger partial charge in [0, 0.05) is 5.41 Å². The molecule has 0 fully saturated rings. The largest absolute Gasteiger partial charge is 0.107 e. The number of halogens is 1. The molecule has 0 heterocycles. The Morgan fingerprint density at radius 2 is 1.64 bits per heavy atom. The lowest BCUT2D eigenvalue weighted by atomic mass is 9.82. The van der Waals surface area contributed by atoms with Gasteiger partial charge in [0.15, 0.2) is 0 Å². The van der Waals surface area contributed by atoms with Gasteiger partial charge in [-0.3, -0.25) is 0 Å². The van der Waals surface area contributed by atoms with Crippen molar-refractivity contribution in [1.82, 2.24) is 0 Å². The molecule has 2 aromatic carbocycles. The molecule has 0 saturated carbocycles. The van der Waals surface area contributed by atoms with Crippen LogP contribution >= 0.6 is 24.0 Å². The monoisotopic (exact) mass is 400 g/mol. The van der Waals surface area contributed by atoms with E-state index in [9.17, 15) is 0 Å². The molecule has 1 heteroatoms. The molecule has 0 saturated heterocycles. The van der Waals surface area contributed by atoms with Crippen LogP contribution in [0.1, 0.15) is 30.5 Å². The van der Waals surface area contributed by atoms with Crippen LogP contribution in [-0.2, 0) is 5.41 Å². The molecule has 3 rings (SSSR count). The van der Waals surface area contributed by atoms with Gasteiger partial charge in [0.05, 0.1) is 0 Å². The Morgan fingerprint density at radius 1 is 0.955 bits per heavy atom. The topological polar surface area (TPSA) is 0 Å². The maximum Gasteiger partial charge on any atom is 0.0159 e. The van der Waals surface area contributed by atoms with Crippen LogP contribution in [0.25, 0.3) is 16.7 Å². The third-order valence-corrected chi connectivity index (χ3v) is 4.44. The summed E-state index contributed by atoms with van der Waals surface area (Å²) in [6.07, 6.45) is 5.75. The maximum atomic E-state index is 3.96. The Balaban J connectivity index is 0.00000176. The van der Waals surface area contributed by atoms with E-state index in [-0.39, 0.29) is 29.4 Å². The molecule has 0 bridgehead atoms. The molecule has 1 aliphatic rings. The van der Waals surface area contributed by atoms with Gasteiger partial charge in [-0.2, -0.15) is 0 Å². The molecular formula is C21H21I. The summed E-state index contributed by atoms with van der Waals surface area (Å²) >= 11 is 0. The van der Waals surface area contributed by atoms with Crippen LogP contribution in [0.4, 0.5) is 0 Å². The van der Waals surface area contributed by atoms with E-state index >= 15 is 0 Å². The molecule has 0 unspecified atom stereocenters. The van der Waals surface area contributed by atoms with Gasteiger partial charge in [-0.1, -0.05) is 87.7 Å². The van der Waals surface area contributed by atoms with E-state index < -0.39 is 0 Å². The molecular weight excluding hydrogens is 379 g/mol. The Labute approximate surface area is 150 Å². The molecule has 0 spiro atoms. The molecule has 0 aromatic heterocycles. The normalized spacial score (nSPS) is 14.5. The maximum absolute atomic E-state index is 3.96. The number of fused-ring (bicyclic) bond motifs is 3. The summed E-state index contributed by atoms with van der Waals surface area (Å²) in [5.74, 6) is 0. The zero-order valence-corrected chi connectivity index (χ0v) is 15.4. The van der Waals surface area contributed by atoms with Crippen LogP contribution in [0.2, 0.25) is 0 Å². The molecule has 0 aliphatic heterocycles. The van der Waals surface area contributed by atoms with Crippen molar-refractivity contribution in [1.29, 1.82) is 0 Å². The molecule has 0 atom stereocenters. The molecule has 0 N–H and O–H groups in total. The molecule has 0 amide bonds. The summed E-state index contributed by atoms with van der Waals surface area (Å²) in [6.45, 7) is 12.4. The molecule has 112 valence electrons. The van der Waals surface area contributed by atoms with E-state index in [0.717, 1.165) is 5.57 Å². The van der Waals surface area contributed by atoms with Crippen molar-refractivity contribution in [3.05, 3.63) is 90.5 Å². The summed E-state index contributed by atoms with van der Waals surface area (Å²) in [7, 11) is 0. The smallest absolute Gasteiger partial charge is 0.0159 e. The Kier molecular flexibility index (Phi) is 4.76. The lowest BCUT2D eigenvalue weighted by Crippen LogP contribution is -2.14. The van der Waals surface area contributed by atoms with Crippen LogP contribution in [0, 0.1) is 0 Å². The van der Waals surface area contributed by atoms with Crippen molar-refractivity contribution < 1.29 is 0 Å². The van der Waals surface area contributed by atoms with Crippen molar-refractivity contribution in [3.63, 3.8) is 0 Å². The Hall–Kier alpha value is -1.61. The average molecular weight is 400 g/mol. The highest BCUT2D eigenvalue weighted by atomic mass is 127. The lowest BCUT2D eigenvalue weighted by Gasteiger charge is -2.21. The van der Waals surface area contributed by atoms with Crippen molar-refractivity contribution >= 4 is 29.5 Å². The van der Waals surface area contributed by atoms with Crippen LogP contribution in [-0.4, -0.2) is 0 Å². The predicted octanol–water partition coefficient (Wildman–Crippen LogP) is 6.37. The fraction of sp³-hybridized carbons (Fsp3) is 0.143. The first-order valence-corrected chi connectivity index (χ1v) is 7.30. The first-order chi connectivity index (χ1) is 10.1. The third kappa shape index (κ3) is 2.38. The summed E-state index contributed by atoms with van der Waals surface area (Å²) < 4.78 is 0. The number of allylic oxidation sites excluding steroid dienone is 4. The first-order valence-electron chi connectivity index (χ1n) is 7.30. The quantitative estimate of drug-likeness (QED) is 0.415. The second-order valence-electron chi connectivity index (χ2n) is 5.96. The van der Waals surface area contributed by atoms with Crippen LogP contribution in [0.15, 0.2) is 73.9 Å². The zero-order chi connectivity index (χ0) is 15.0. The first kappa shape index (κ1) is 16.8. The van der Waals surface area contributed by atoms with Crippen molar-refractivity contribution in [2.45, 2.75) is 19.3 Å². The fourth-order valence-electron chi connectivity index (χ4n) is 3.39. The average Bonchev–Trinajstić information content (AvgIpc) is 2.74. The number of hydrogen-bond acceptors (Lipinski definition) is 0. The molecule has 2 aromatic rings. The highest BCUT2D eigenvalue weighted by Gasteiger charge is 2.36. The second-order valence-corrected chi connectivity index (χ2v) is 5.96. The van der Waals surface area contributed by atoms with Gasteiger partial charge in [0.25, 0.3) is 0 Å². The van der Waals surface area contributed by atoms with E-state index in [1.54, 1.807) is 0 Å². The lowest BCUT2D eigenvalue weighted by molar-refractivity contribution is 0.660. The Morgan fingerprint density at radius 3 is 2.32 bits per heavy atom. The summed E-state index contributed by atoms with van der Waals surface area (Å²) in [5.41, 5.74) is 7.86. The van der Waals surface area contributed by atoms with Crippen molar-refractivity contribution in [2.24, 2.45) is 0 Å². The van der Waals surface area contributed by atoms with Gasteiger partial charge in [-0.15, -0.1) is 24.0 Å². The van der Waals surface area contributed by atoms with Gasteiger partial charge >= 0.3 is 0 Å². The van der Waals surface area contributed by atoms with E-state index in [1.165, 1.54) is 27.8 Å². The summed E-state index contributed by atoms with van der Waals surface area (Å²) in [6, 6.07) is 15.3. The minimum absolute atomic E-state index is 0. The highest BCUT2D eigenvalue weighted by Crippen LogP contribution is 2.50. The molecule has 1 aliphatic carbocycles. The zero-order valence-electron chi connectivity index (χ0n) is 13.1. The van der Waals surface area contributed by atoms with Crippen LogP contribution < -0.4 is 0 Å². The third-order valence-electron chi connectivity index (χ3n) is 4.44. The molecule has 0 nitrogen and oxygen atoms in total. The van der Waals surface area contributed by atoms with Crippen LogP contribution in [0.5, 0.6) is 0 Å². The summed E-state index contributed by atoms with van der Waals surface area (Å²) in [5, 5.41) is 0. The molecule has 22 heavy (non-hydrogen) atoms. The van der Waals surface area contributed by atoms with E-state index in [2.05, 4.69) is 69.5 Å². The van der Waals surface area contributed by atoms with Crippen molar-refractivity contribution in [3.8, 4) is 11.1 Å². The number of rotatable bonds is 3. The minimum atomic E-state index is 0. The van der Waals surface area contributed by atoms with Gasteiger partial charge < -0.3 is 0 Å². The minimum Gasteiger partial charge on any atom is -0.107 e. The van der Waals surface area contributed by atoms with Crippen molar-refractivity contribution in [2.75, 3.05) is 0 Å². The fourth-order valence-corrected chi connectivity index (χ4v) is 3.39. The SMILES string of the molecule is C=C/C=C(\C=C)c1cccc2c1-c1ccccc1C2(C)C.I. The van der Waals surface area contributed by atoms with Gasteiger partial charge in [0.1, 0.15) is 0 Å². The second kappa shape index (κ2) is 6.25. The van der Waals surface area contributed by atoms with E-state index in [1.807, 2.05) is 18.2 Å². The predicted molar refractivity (Wildman–Crippen MR) is 108 cm³/mol. The van der Waals surface area contributed by atoms with Gasteiger partial charge in [0.2, 0.25) is 0 Å². The van der Waals surface area contributed by atoms with Crippen LogP contribution in [0.3, 0.4) is 0 Å². The van der Waals surface area contributed by atoms with Gasteiger partial charge in [-0.05, 0) is 33.4 Å². The van der Waals surface area contributed by atoms with E-state index in [0.29, 0.717) is 0 Å². The van der Waals surface area contributed by atoms with Gasteiger partial charge in [-0.25, -0.2) is 0 Å². The highest BCUT2D eigenvalue weighted by molar-refractivity contribution is 14.0. The molecule has 0 radical (unpaired) electrons. The van der Waals surface area contributed by atoms with E-state index in [4.69, 9.17) is 0 Å². The summed E-state index contributed by atoms with van der Waals surface area (Å²) in [4.78, 5) is 0. The number of benzene rings is 2. The number of hydrogen-bond donors (Lipinski definition) is 0.